The third-order valence-corrected chi connectivity index (χ3v) is 4.84. The zero-order chi connectivity index (χ0) is 17.8. The van der Waals surface area contributed by atoms with Crippen molar-refractivity contribution in [2.24, 2.45) is 4.99 Å². The van der Waals surface area contributed by atoms with Gasteiger partial charge in [0, 0.05) is 0 Å². The molecule has 1 saturated heterocycles. The minimum atomic E-state index is -0.195. The number of rotatable bonds is 4. The van der Waals surface area contributed by atoms with E-state index in [-0.39, 0.29) is 11.7 Å². The molecule has 5 nitrogen and oxygen atoms in total. The van der Waals surface area contributed by atoms with Crippen LogP contribution in [0.25, 0.3) is 6.08 Å². The molecule has 2 aromatic rings. The lowest BCUT2D eigenvalue weighted by atomic mass is 10.2. The van der Waals surface area contributed by atoms with E-state index in [1.807, 2.05) is 31.2 Å². The van der Waals surface area contributed by atoms with E-state index in [0.29, 0.717) is 21.2 Å². The van der Waals surface area contributed by atoms with E-state index < -0.39 is 0 Å². The summed E-state index contributed by atoms with van der Waals surface area (Å²) in [6.45, 7) is 2.54. The number of carbonyl (C=O) groups is 1. The highest BCUT2D eigenvalue weighted by Gasteiger charge is 2.23. The second-order valence-electron chi connectivity index (χ2n) is 5.12. The quantitative estimate of drug-likeness (QED) is 0.719. The Bertz CT molecular complexity index is 863. The number of halogens is 1. The number of phenolic OH excluding ortho intramolecular Hbond substituents is 1. The lowest BCUT2D eigenvalue weighted by Crippen LogP contribution is -2.19. The predicted octanol–water partition coefficient (Wildman–Crippen LogP) is 4.45. The minimum absolute atomic E-state index is 0.156. The Morgan fingerprint density at radius 3 is 2.72 bits per heavy atom. The average molecular weight is 419 g/mol. The molecule has 2 N–H and O–H groups in total. The van der Waals surface area contributed by atoms with Crippen molar-refractivity contribution in [3.05, 3.63) is 57.4 Å². The van der Waals surface area contributed by atoms with Gasteiger partial charge in [-0.2, -0.15) is 0 Å². The van der Waals surface area contributed by atoms with Gasteiger partial charge in [0.2, 0.25) is 0 Å². The Labute approximate surface area is 157 Å². The van der Waals surface area contributed by atoms with Crippen molar-refractivity contribution in [1.29, 1.82) is 0 Å². The molecular formula is C18H15BrN2O3S. The van der Waals surface area contributed by atoms with E-state index in [0.717, 1.165) is 17.0 Å². The maximum absolute atomic E-state index is 12.1. The van der Waals surface area contributed by atoms with Crippen molar-refractivity contribution >= 4 is 50.5 Å². The molecule has 1 aliphatic rings. The molecule has 25 heavy (non-hydrogen) atoms. The van der Waals surface area contributed by atoms with E-state index in [2.05, 4.69) is 26.2 Å². The second-order valence-corrected chi connectivity index (χ2v) is 7.00. The number of amides is 1. The van der Waals surface area contributed by atoms with Crippen LogP contribution in [0.5, 0.6) is 11.5 Å². The summed E-state index contributed by atoms with van der Waals surface area (Å²) in [5.74, 6) is 0.746. The number of hydrogen-bond donors (Lipinski definition) is 2. The van der Waals surface area contributed by atoms with Crippen LogP contribution in [-0.2, 0) is 4.79 Å². The smallest absolute Gasteiger partial charge is 0.264 e. The summed E-state index contributed by atoms with van der Waals surface area (Å²) >= 11 is 4.54. The summed E-state index contributed by atoms with van der Waals surface area (Å²) in [5.41, 5.74) is 1.55. The molecule has 0 aromatic heterocycles. The molecule has 0 radical (unpaired) electrons. The van der Waals surface area contributed by atoms with Crippen LogP contribution in [0.4, 0.5) is 5.69 Å². The molecule has 1 fully saturated rings. The molecule has 3 rings (SSSR count). The molecule has 0 bridgehead atoms. The van der Waals surface area contributed by atoms with Gasteiger partial charge >= 0.3 is 0 Å². The summed E-state index contributed by atoms with van der Waals surface area (Å²) in [4.78, 5) is 17.1. The van der Waals surface area contributed by atoms with Gasteiger partial charge in [0.25, 0.3) is 5.91 Å². The number of aromatic hydroxyl groups is 1. The van der Waals surface area contributed by atoms with Crippen molar-refractivity contribution in [2.45, 2.75) is 6.92 Å². The standard InChI is InChI=1S/C18H15BrN2O3S/c1-2-24-13-6-4-12(5-7-13)20-18-21-17(23)16(25-18)10-11-3-8-15(22)14(19)9-11/h3-10,22H,2H2,1H3,(H,20,21,23)/b16-10+. The molecule has 1 aliphatic heterocycles. The first-order chi connectivity index (χ1) is 12.0. The van der Waals surface area contributed by atoms with Crippen molar-refractivity contribution in [2.75, 3.05) is 6.61 Å². The average Bonchev–Trinajstić information content (AvgIpc) is 2.92. The molecule has 1 amide bonds. The van der Waals surface area contributed by atoms with Crippen LogP contribution in [0.15, 0.2) is 56.8 Å². The molecule has 0 aliphatic carbocycles. The fourth-order valence-electron chi connectivity index (χ4n) is 2.15. The number of phenols is 1. The van der Waals surface area contributed by atoms with Gasteiger partial charge in [-0.25, -0.2) is 4.99 Å². The van der Waals surface area contributed by atoms with Crippen LogP contribution < -0.4 is 10.1 Å². The van der Waals surface area contributed by atoms with Crippen molar-refractivity contribution in [3.8, 4) is 11.5 Å². The number of amidine groups is 1. The number of nitrogens with zero attached hydrogens (tertiary/aromatic N) is 1. The highest BCUT2D eigenvalue weighted by atomic mass is 79.9. The van der Waals surface area contributed by atoms with Crippen molar-refractivity contribution < 1.29 is 14.6 Å². The molecular weight excluding hydrogens is 404 g/mol. The number of ether oxygens (including phenoxy) is 1. The normalized spacial score (nSPS) is 17.1. The monoisotopic (exact) mass is 418 g/mol. The van der Waals surface area contributed by atoms with Crippen LogP contribution in [0.2, 0.25) is 0 Å². The number of thioether (sulfide) groups is 1. The van der Waals surface area contributed by atoms with Crippen LogP contribution in [0, 0.1) is 0 Å². The van der Waals surface area contributed by atoms with Crippen molar-refractivity contribution in [3.63, 3.8) is 0 Å². The molecule has 0 saturated carbocycles. The minimum Gasteiger partial charge on any atom is -0.507 e. The van der Waals surface area contributed by atoms with Gasteiger partial charge in [0.1, 0.15) is 11.5 Å². The van der Waals surface area contributed by atoms with Gasteiger partial charge < -0.3 is 15.2 Å². The second kappa shape index (κ2) is 7.76. The number of aliphatic imine (C=N–C) groups is 1. The topological polar surface area (TPSA) is 70.9 Å². The van der Waals surface area contributed by atoms with E-state index in [1.54, 1.807) is 24.3 Å². The van der Waals surface area contributed by atoms with Gasteiger partial charge in [-0.05, 0) is 82.7 Å². The van der Waals surface area contributed by atoms with E-state index in [9.17, 15) is 9.90 Å². The largest absolute Gasteiger partial charge is 0.507 e. The molecule has 0 spiro atoms. The van der Waals surface area contributed by atoms with Crippen LogP contribution >= 0.6 is 27.7 Å². The summed E-state index contributed by atoms with van der Waals surface area (Å²) in [7, 11) is 0. The number of nitrogens with one attached hydrogen (secondary N) is 1. The number of carbonyl (C=O) groups excluding carboxylic acids is 1. The van der Waals surface area contributed by atoms with Crippen LogP contribution in [-0.4, -0.2) is 22.8 Å². The zero-order valence-electron chi connectivity index (χ0n) is 13.3. The maximum Gasteiger partial charge on any atom is 0.264 e. The van der Waals surface area contributed by atoms with Gasteiger partial charge in [0.15, 0.2) is 5.17 Å². The van der Waals surface area contributed by atoms with Crippen LogP contribution in [0.3, 0.4) is 0 Å². The molecule has 0 atom stereocenters. The first-order valence-corrected chi connectivity index (χ1v) is 9.17. The number of benzene rings is 2. The van der Waals surface area contributed by atoms with Gasteiger partial charge in [-0.3, -0.25) is 4.79 Å². The third kappa shape index (κ3) is 4.43. The lowest BCUT2D eigenvalue weighted by Gasteiger charge is -2.02. The Morgan fingerprint density at radius 2 is 2.04 bits per heavy atom. The lowest BCUT2D eigenvalue weighted by molar-refractivity contribution is -0.115. The summed E-state index contributed by atoms with van der Waals surface area (Å²) in [5, 5.41) is 12.8. The number of hydrogen-bond acceptors (Lipinski definition) is 5. The Kier molecular flexibility index (Phi) is 5.45. The van der Waals surface area contributed by atoms with Gasteiger partial charge in [-0.1, -0.05) is 6.07 Å². The predicted molar refractivity (Wildman–Crippen MR) is 104 cm³/mol. The summed E-state index contributed by atoms with van der Waals surface area (Å²) in [6.07, 6.45) is 1.75. The van der Waals surface area contributed by atoms with Gasteiger partial charge in [0.05, 0.1) is 21.7 Å². The Morgan fingerprint density at radius 1 is 1.28 bits per heavy atom. The van der Waals surface area contributed by atoms with E-state index in [1.165, 1.54) is 11.8 Å². The molecule has 0 unspecified atom stereocenters. The molecule has 7 heteroatoms. The third-order valence-electron chi connectivity index (χ3n) is 3.30. The first kappa shape index (κ1) is 17.6. The summed E-state index contributed by atoms with van der Waals surface area (Å²) < 4.78 is 5.97. The van der Waals surface area contributed by atoms with Gasteiger partial charge in [-0.15, -0.1) is 0 Å². The fourth-order valence-corrected chi connectivity index (χ4v) is 3.38. The highest BCUT2D eigenvalue weighted by molar-refractivity contribution is 9.10. The zero-order valence-corrected chi connectivity index (χ0v) is 15.7. The Hall–Kier alpha value is -2.25. The molecule has 128 valence electrons. The highest BCUT2D eigenvalue weighted by Crippen LogP contribution is 2.30. The van der Waals surface area contributed by atoms with E-state index in [4.69, 9.17) is 4.74 Å². The fraction of sp³-hybridized carbons (Fsp3) is 0.111. The van der Waals surface area contributed by atoms with Crippen LogP contribution in [0.1, 0.15) is 12.5 Å². The van der Waals surface area contributed by atoms with E-state index >= 15 is 0 Å². The Balaban J connectivity index is 1.77. The maximum atomic E-state index is 12.1. The summed E-state index contributed by atoms with van der Waals surface area (Å²) in [6, 6.07) is 12.4. The molecule has 1 heterocycles. The SMILES string of the molecule is CCOc1ccc(N=C2NC(=O)/C(=C\c3ccc(O)c(Br)c3)S2)cc1. The van der Waals surface area contributed by atoms with Crippen molar-refractivity contribution in [1.82, 2.24) is 5.32 Å². The first-order valence-electron chi connectivity index (χ1n) is 7.56. The molecule has 2 aromatic carbocycles.